The molecule has 3 atom stereocenters. The van der Waals surface area contributed by atoms with Crippen molar-refractivity contribution in [3.8, 4) is 0 Å². The molecule has 3 unspecified atom stereocenters. The summed E-state index contributed by atoms with van der Waals surface area (Å²) in [5.74, 6) is 1.29. The van der Waals surface area contributed by atoms with Crippen molar-refractivity contribution in [2.24, 2.45) is 11.8 Å². The van der Waals surface area contributed by atoms with Crippen molar-refractivity contribution >= 4 is 0 Å². The molecule has 0 amide bonds. The Morgan fingerprint density at radius 3 is 2.71 bits per heavy atom. The van der Waals surface area contributed by atoms with Crippen LogP contribution in [0.4, 0.5) is 0 Å². The molecule has 2 N–H and O–H groups in total. The van der Waals surface area contributed by atoms with Crippen LogP contribution < -0.4 is 0 Å². The van der Waals surface area contributed by atoms with E-state index in [1.165, 1.54) is 13.0 Å². The van der Waals surface area contributed by atoms with Gasteiger partial charge in [-0.3, -0.25) is 0 Å². The molecule has 0 aromatic rings. The maximum Gasteiger partial charge on any atom is 0.0583 e. The van der Waals surface area contributed by atoms with Crippen molar-refractivity contribution < 1.29 is 10.2 Å². The number of unbranched alkanes of at least 4 members (excludes halogenated alkanes) is 1. The topological polar surface area (TPSA) is 43.7 Å². The highest BCUT2D eigenvalue weighted by Crippen LogP contribution is 2.37. The molecule has 3 nitrogen and oxygen atoms in total. The van der Waals surface area contributed by atoms with Crippen LogP contribution in [0.15, 0.2) is 0 Å². The zero-order valence-corrected chi connectivity index (χ0v) is 8.73. The number of hydrogen-bond acceptors (Lipinski definition) is 3. The molecule has 2 rings (SSSR count). The summed E-state index contributed by atoms with van der Waals surface area (Å²) in [5, 5.41) is 18.4. The van der Waals surface area contributed by atoms with Gasteiger partial charge in [-0.05, 0) is 38.1 Å². The van der Waals surface area contributed by atoms with Crippen LogP contribution in [-0.2, 0) is 0 Å². The largest absolute Gasteiger partial charge is 0.396 e. The summed E-state index contributed by atoms with van der Waals surface area (Å²) in [6, 6.07) is 0. The molecule has 3 heteroatoms. The average molecular weight is 199 g/mol. The second-order valence-corrected chi connectivity index (χ2v) is 4.76. The summed E-state index contributed by atoms with van der Waals surface area (Å²) in [4.78, 5) is 2.45. The Balaban J connectivity index is 1.72. The van der Waals surface area contributed by atoms with Crippen molar-refractivity contribution in [1.82, 2.24) is 4.90 Å². The summed E-state index contributed by atoms with van der Waals surface area (Å²) >= 11 is 0. The van der Waals surface area contributed by atoms with E-state index >= 15 is 0 Å². The van der Waals surface area contributed by atoms with Gasteiger partial charge >= 0.3 is 0 Å². The van der Waals surface area contributed by atoms with Gasteiger partial charge in [-0.15, -0.1) is 0 Å². The standard InChI is InChI=1S/C11H21NO2/c13-6-2-1-5-12-7-9-3-4-11(14)10(9)8-12/h9-11,13-14H,1-8H2. The summed E-state index contributed by atoms with van der Waals surface area (Å²) in [6.07, 6.45) is 4.19. The monoisotopic (exact) mass is 199 g/mol. The van der Waals surface area contributed by atoms with Gasteiger partial charge in [0.2, 0.25) is 0 Å². The Labute approximate surface area is 85.7 Å². The van der Waals surface area contributed by atoms with Crippen LogP contribution in [0.3, 0.4) is 0 Å². The Bertz CT molecular complexity index is 186. The molecule has 0 bridgehead atoms. The first-order valence-corrected chi connectivity index (χ1v) is 5.82. The Morgan fingerprint density at radius 1 is 1.14 bits per heavy atom. The van der Waals surface area contributed by atoms with Crippen molar-refractivity contribution in [1.29, 1.82) is 0 Å². The maximum atomic E-state index is 9.72. The molecule has 1 aliphatic carbocycles. The molecule has 82 valence electrons. The molecule has 1 saturated carbocycles. The average Bonchev–Trinajstić information content (AvgIpc) is 2.70. The molecule has 14 heavy (non-hydrogen) atoms. The number of rotatable bonds is 4. The van der Waals surface area contributed by atoms with Crippen molar-refractivity contribution in [2.45, 2.75) is 31.8 Å². The van der Waals surface area contributed by atoms with E-state index in [0.717, 1.165) is 38.3 Å². The first-order valence-electron chi connectivity index (χ1n) is 5.82. The minimum atomic E-state index is -0.0390. The van der Waals surface area contributed by atoms with Crippen LogP contribution >= 0.6 is 0 Å². The van der Waals surface area contributed by atoms with Crippen LogP contribution in [0.5, 0.6) is 0 Å². The molecular weight excluding hydrogens is 178 g/mol. The first kappa shape index (κ1) is 10.4. The molecule has 0 spiro atoms. The SMILES string of the molecule is OCCCCN1CC2CCC(O)C2C1. The van der Waals surface area contributed by atoms with E-state index in [2.05, 4.69) is 4.90 Å². The lowest BCUT2D eigenvalue weighted by atomic mass is 10.00. The van der Waals surface area contributed by atoms with E-state index in [1.807, 2.05) is 0 Å². The lowest BCUT2D eigenvalue weighted by Crippen LogP contribution is -2.25. The molecule has 0 radical (unpaired) electrons. The van der Waals surface area contributed by atoms with Gasteiger partial charge in [0.25, 0.3) is 0 Å². The predicted octanol–water partition coefficient (Wildman–Crippen LogP) is 0.462. The van der Waals surface area contributed by atoms with Gasteiger partial charge in [0, 0.05) is 25.6 Å². The molecule has 0 aromatic heterocycles. The highest BCUT2D eigenvalue weighted by molar-refractivity contribution is 4.93. The van der Waals surface area contributed by atoms with E-state index in [-0.39, 0.29) is 6.10 Å². The Hall–Kier alpha value is -0.120. The summed E-state index contributed by atoms with van der Waals surface area (Å²) < 4.78 is 0. The van der Waals surface area contributed by atoms with Crippen LogP contribution in [0.2, 0.25) is 0 Å². The fourth-order valence-electron chi connectivity index (χ4n) is 2.96. The third-order valence-electron chi connectivity index (χ3n) is 3.78. The summed E-state index contributed by atoms with van der Waals surface area (Å²) in [6.45, 7) is 3.66. The van der Waals surface area contributed by atoms with E-state index < -0.39 is 0 Å². The molecular formula is C11H21NO2. The van der Waals surface area contributed by atoms with E-state index in [0.29, 0.717) is 12.5 Å². The van der Waals surface area contributed by atoms with Gasteiger partial charge in [-0.2, -0.15) is 0 Å². The molecule has 2 aliphatic rings. The van der Waals surface area contributed by atoms with Gasteiger partial charge < -0.3 is 15.1 Å². The van der Waals surface area contributed by atoms with Crippen molar-refractivity contribution in [2.75, 3.05) is 26.2 Å². The Morgan fingerprint density at radius 2 is 2.00 bits per heavy atom. The number of aliphatic hydroxyl groups is 2. The lowest BCUT2D eigenvalue weighted by Gasteiger charge is -2.17. The normalized spacial score (nSPS) is 37.7. The van der Waals surface area contributed by atoms with E-state index in [1.54, 1.807) is 0 Å². The second kappa shape index (κ2) is 4.60. The third-order valence-corrected chi connectivity index (χ3v) is 3.78. The van der Waals surface area contributed by atoms with Crippen LogP contribution in [0.25, 0.3) is 0 Å². The fraction of sp³-hybridized carbons (Fsp3) is 1.00. The molecule has 0 aromatic carbocycles. The smallest absolute Gasteiger partial charge is 0.0583 e. The third kappa shape index (κ3) is 2.10. The minimum Gasteiger partial charge on any atom is -0.396 e. The summed E-state index contributed by atoms with van der Waals surface area (Å²) in [7, 11) is 0. The minimum absolute atomic E-state index is 0.0390. The van der Waals surface area contributed by atoms with Crippen LogP contribution in [-0.4, -0.2) is 47.5 Å². The first-order chi connectivity index (χ1) is 6.81. The Kier molecular flexibility index (Phi) is 3.42. The van der Waals surface area contributed by atoms with Gasteiger partial charge in [0.05, 0.1) is 6.10 Å². The van der Waals surface area contributed by atoms with Crippen molar-refractivity contribution in [3.05, 3.63) is 0 Å². The van der Waals surface area contributed by atoms with Crippen molar-refractivity contribution in [3.63, 3.8) is 0 Å². The molecule has 1 heterocycles. The highest BCUT2D eigenvalue weighted by atomic mass is 16.3. The van der Waals surface area contributed by atoms with E-state index in [4.69, 9.17) is 5.11 Å². The number of aliphatic hydroxyl groups excluding tert-OH is 2. The van der Waals surface area contributed by atoms with E-state index in [9.17, 15) is 5.11 Å². The predicted molar refractivity (Wildman–Crippen MR) is 55.0 cm³/mol. The molecule has 1 aliphatic heterocycles. The lowest BCUT2D eigenvalue weighted by molar-refractivity contribution is 0.124. The van der Waals surface area contributed by atoms with Gasteiger partial charge in [0.1, 0.15) is 0 Å². The number of hydrogen-bond donors (Lipinski definition) is 2. The molecule has 1 saturated heterocycles. The number of likely N-dealkylation sites (tertiary alicyclic amines) is 1. The zero-order chi connectivity index (χ0) is 9.97. The number of nitrogens with zero attached hydrogens (tertiary/aromatic N) is 1. The highest BCUT2D eigenvalue weighted by Gasteiger charge is 2.41. The summed E-state index contributed by atoms with van der Waals surface area (Å²) in [5.41, 5.74) is 0. The van der Waals surface area contributed by atoms with Crippen LogP contribution in [0.1, 0.15) is 25.7 Å². The van der Waals surface area contributed by atoms with Gasteiger partial charge in [-0.25, -0.2) is 0 Å². The quantitative estimate of drug-likeness (QED) is 0.647. The van der Waals surface area contributed by atoms with Crippen LogP contribution in [0, 0.1) is 11.8 Å². The second-order valence-electron chi connectivity index (χ2n) is 4.76. The molecule has 2 fully saturated rings. The number of fused-ring (bicyclic) bond motifs is 1. The fourth-order valence-corrected chi connectivity index (χ4v) is 2.96. The zero-order valence-electron chi connectivity index (χ0n) is 8.73. The maximum absolute atomic E-state index is 9.72. The van der Waals surface area contributed by atoms with Gasteiger partial charge in [-0.1, -0.05) is 0 Å². The van der Waals surface area contributed by atoms with Gasteiger partial charge in [0.15, 0.2) is 0 Å².